The summed E-state index contributed by atoms with van der Waals surface area (Å²) in [5.41, 5.74) is 0.0868. The lowest BCUT2D eigenvalue weighted by Crippen LogP contribution is -2.40. The minimum atomic E-state index is -0.277. The highest BCUT2D eigenvalue weighted by molar-refractivity contribution is 5.38. The molecule has 90 valence electrons. The van der Waals surface area contributed by atoms with Crippen LogP contribution in [-0.2, 0) is 0 Å². The van der Waals surface area contributed by atoms with E-state index in [4.69, 9.17) is 0 Å². The van der Waals surface area contributed by atoms with Crippen molar-refractivity contribution < 1.29 is 4.39 Å². The van der Waals surface area contributed by atoms with Crippen molar-refractivity contribution in [1.29, 1.82) is 0 Å². The summed E-state index contributed by atoms with van der Waals surface area (Å²) in [6.07, 6.45) is 1.60. The third-order valence-electron chi connectivity index (χ3n) is 2.20. The van der Waals surface area contributed by atoms with Gasteiger partial charge >= 0.3 is 0 Å². The van der Waals surface area contributed by atoms with E-state index < -0.39 is 0 Å². The van der Waals surface area contributed by atoms with E-state index in [9.17, 15) is 4.39 Å². The van der Waals surface area contributed by atoms with Gasteiger partial charge in [0.1, 0.15) is 0 Å². The largest absolute Gasteiger partial charge is 0.356 e. The molecular weight excluding hydrogens is 205 g/mol. The van der Waals surface area contributed by atoms with Crippen LogP contribution in [0.15, 0.2) is 18.3 Å². The van der Waals surface area contributed by atoms with Gasteiger partial charge in [-0.15, -0.1) is 0 Å². The zero-order valence-electron chi connectivity index (χ0n) is 10.4. The van der Waals surface area contributed by atoms with E-state index in [1.165, 1.54) is 6.07 Å². The van der Waals surface area contributed by atoms with Gasteiger partial charge < -0.3 is 10.2 Å². The first-order chi connectivity index (χ1) is 7.40. The predicted octanol–water partition coefficient (Wildman–Crippen LogP) is 2.04. The fourth-order valence-corrected chi connectivity index (χ4v) is 1.36. The number of halogens is 1. The third-order valence-corrected chi connectivity index (χ3v) is 2.20. The number of pyridine rings is 1. The number of nitrogens with zero attached hydrogens (tertiary/aromatic N) is 2. The number of hydrogen-bond donors (Lipinski definition) is 1. The smallest absolute Gasteiger partial charge is 0.165 e. The van der Waals surface area contributed by atoms with Gasteiger partial charge in [0.05, 0.1) is 0 Å². The fourth-order valence-electron chi connectivity index (χ4n) is 1.36. The van der Waals surface area contributed by atoms with Crippen LogP contribution < -0.4 is 10.2 Å². The quantitative estimate of drug-likeness (QED) is 0.850. The molecule has 0 aliphatic heterocycles. The molecule has 0 unspecified atom stereocenters. The van der Waals surface area contributed by atoms with Crippen LogP contribution in [0, 0.1) is 5.82 Å². The van der Waals surface area contributed by atoms with Crippen molar-refractivity contribution in [2.75, 3.05) is 25.0 Å². The molecule has 0 amide bonds. The molecule has 0 saturated carbocycles. The van der Waals surface area contributed by atoms with E-state index in [2.05, 4.69) is 31.1 Å². The molecule has 1 N–H and O–H groups in total. The van der Waals surface area contributed by atoms with Gasteiger partial charge in [-0.2, -0.15) is 0 Å². The maximum Gasteiger partial charge on any atom is 0.165 e. The van der Waals surface area contributed by atoms with E-state index in [0.29, 0.717) is 5.82 Å². The molecule has 1 heterocycles. The molecule has 0 bridgehead atoms. The standard InChI is InChI=1S/C12H20FN3/c1-12(2,3)15-8-9-16(4)11-10(13)6-5-7-14-11/h5-7,15H,8-9H2,1-4H3. The molecule has 1 aromatic heterocycles. The third kappa shape index (κ3) is 4.14. The summed E-state index contributed by atoms with van der Waals surface area (Å²) >= 11 is 0. The average molecular weight is 225 g/mol. The highest BCUT2D eigenvalue weighted by Gasteiger charge is 2.11. The molecule has 3 nitrogen and oxygen atoms in total. The Hall–Kier alpha value is -1.16. The Kier molecular flexibility index (Phi) is 4.24. The van der Waals surface area contributed by atoms with Crippen molar-refractivity contribution >= 4 is 5.82 Å². The summed E-state index contributed by atoms with van der Waals surface area (Å²) < 4.78 is 13.4. The summed E-state index contributed by atoms with van der Waals surface area (Å²) in [7, 11) is 1.84. The molecule has 1 aromatic rings. The number of nitrogens with one attached hydrogen (secondary N) is 1. The van der Waals surface area contributed by atoms with Crippen LogP contribution in [-0.4, -0.2) is 30.7 Å². The summed E-state index contributed by atoms with van der Waals surface area (Å²) in [6.45, 7) is 7.85. The number of hydrogen-bond acceptors (Lipinski definition) is 3. The van der Waals surface area contributed by atoms with Gasteiger partial charge in [-0.05, 0) is 32.9 Å². The lowest BCUT2D eigenvalue weighted by molar-refractivity contribution is 0.430. The Bertz CT molecular complexity index is 333. The fraction of sp³-hybridized carbons (Fsp3) is 0.583. The molecule has 0 aromatic carbocycles. The summed E-state index contributed by atoms with van der Waals surface area (Å²) in [5, 5.41) is 3.35. The molecule has 0 atom stereocenters. The Morgan fingerprint density at radius 2 is 2.12 bits per heavy atom. The number of anilines is 1. The monoisotopic (exact) mass is 225 g/mol. The van der Waals surface area contributed by atoms with Crippen LogP contribution in [0.2, 0.25) is 0 Å². The second-order valence-electron chi connectivity index (χ2n) is 4.91. The number of aromatic nitrogens is 1. The van der Waals surface area contributed by atoms with Gasteiger partial charge in [-0.25, -0.2) is 9.37 Å². The second-order valence-corrected chi connectivity index (χ2v) is 4.91. The van der Waals surface area contributed by atoms with E-state index in [-0.39, 0.29) is 11.4 Å². The van der Waals surface area contributed by atoms with Gasteiger partial charge in [-0.3, -0.25) is 0 Å². The predicted molar refractivity (Wildman–Crippen MR) is 65.2 cm³/mol. The van der Waals surface area contributed by atoms with Crippen molar-refractivity contribution in [3.05, 3.63) is 24.1 Å². The minimum Gasteiger partial charge on any atom is -0.356 e. The zero-order valence-corrected chi connectivity index (χ0v) is 10.4. The first-order valence-corrected chi connectivity index (χ1v) is 5.47. The second kappa shape index (κ2) is 5.25. The van der Waals surface area contributed by atoms with Crippen LogP contribution in [0.1, 0.15) is 20.8 Å². The van der Waals surface area contributed by atoms with E-state index in [1.54, 1.807) is 12.3 Å². The van der Waals surface area contributed by atoms with Gasteiger partial charge in [0, 0.05) is 31.9 Å². The van der Waals surface area contributed by atoms with E-state index >= 15 is 0 Å². The molecule has 0 aliphatic carbocycles. The normalized spacial score (nSPS) is 11.6. The highest BCUT2D eigenvalue weighted by atomic mass is 19.1. The first-order valence-electron chi connectivity index (χ1n) is 5.47. The SMILES string of the molecule is CN(CCNC(C)(C)C)c1ncccc1F. The minimum absolute atomic E-state index is 0.0868. The topological polar surface area (TPSA) is 28.2 Å². The van der Waals surface area contributed by atoms with Crippen molar-refractivity contribution in [2.45, 2.75) is 26.3 Å². The summed E-state index contributed by atoms with van der Waals surface area (Å²) in [6, 6.07) is 3.02. The molecule has 16 heavy (non-hydrogen) atoms. The number of likely N-dealkylation sites (N-methyl/N-ethyl adjacent to an activating group) is 1. The van der Waals surface area contributed by atoms with Gasteiger partial charge in [0.15, 0.2) is 11.6 Å². The van der Waals surface area contributed by atoms with Crippen LogP contribution in [0.5, 0.6) is 0 Å². The Morgan fingerprint density at radius 1 is 1.44 bits per heavy atom. The average Bonchev–Trinajstić information content (AvgIpc) is 2.16. The van der Waals surface area contributed by atoms with Crippen LogP contribution in [0.4, 0.5) is 10.2 Å². The molecule has 0 spiro atoms. The van der Waals surface area contributed by atoms with Crippen molar-refractivity contribution in [1.82, 2.24) is 10.3 Å². The van der Waals surface area contributed by atoms with Crippen LogP contribution in [0.3, 0.4) is 0 Å². The molecule has 0 fully saturated rings. The maximum atomic E-state index is 13.4. The molecular formula is C12H20FN3. The molecule has 0 aliphatic rings. The number of rotatable bonds is 4. The van der Waals surface area contributed by atoms with Crippen LogP contribution >= 0.6 is 0 Å². The summed E-state index contributed by atoms with van der Waals surface area (Å²) in [5.74, 6) is 0.124. The highest BCUT2D eigenvalue weighted by Crippen LogP contribution is 2.12. The molecule has 4 heteroatoms. The van der Waals surface area contributed by atoms with Crippen molar-refractivity contribution in [3.8, 4) is 0 Å². The van der Waals surface area contributed by atoms with Crippen LogP contribution in [0.25, 0.3) is 0 Å². The van der Waals surface area contributed by atoms with Gasteiger partial charge in [-0.1, -0.05) is 0 Å². The van der Waals surface area contributed by atoms with Gasteiger partial charge in [0.25, 0.3) is 0 Å². The lowest BCUT2D eigenvalue weighted by Gasteiger charge is -2.24. The summed E-state index contributed by atoms with van der Waals surface area (Å²) in [4.78, 5) is 5.83. The Morgan fingerprint density at radius 3 is 2.69 bits per heavy atom. The van der Waals surface area contributed by atoms with Crippen molar-refractivity contribution in [2.24, 2.45) is 0 Å². The van der Waals surface area contributed by atoms with E-state index in [1.807, 2.05) is 11.9 Å². The molecule has 0 radical (unpaired) electrons. The Labute approximate surface area is 96.7 Å². The zero-order chi connectivity index (χ0) is 12.2. The van der Waals surface area contributed by atoms with E-state index in [0.717, 1.165) is 13.1 Å². The molecule has 1 rings (SSSR count). The van der Waals surface area contributed by atoms with Gasteiger partial charge in [0.2, 0.25) is 0 Å². The molecule has 0 saturated heterocycles. The van der Waals surface area contributed by atoms with Crippen molar-refractivity contribution in [3.63, 3.8) is 0 Å². The lowest BCUT2D eigenvalue weighted by atomic mass is 10.1. The first kappa shape index (κ1) is 12.9. The maximum absolute atomic E-state index is 13.4. The Balaban J connectivity index is 2.47.